The van der Waals surface area contributed by atoms with Crippen molar-refractivity contribution < 1.29 is 8.83 Å². The summed E-state index contributed by atoms with van der Waals surface area (Å²) in [5.74, 6) is 0.624. The number of rotatable bonds is 2. The summed E-state index contributed by atoms with van der Waals surface area (Å²) in [6.45, 7) is 0. The van der Waals surface area contributed by atoms with E-state index in [-0.39, 0.29) is 11.9 Å². The number of hydrogen-bond donors (Lipinski definition) is 0. The van der Waals surface area contributed by atoms with Gasteiger partial charge in [-0.15, -0.1) is 10.2 Å². The van der Waals surface area contributed by atoms with Crippen LogP contribution in [0.15, 0.2) is 32.3 Å². The van der Waals surface area contributed by atoms with Gasteiger partial charge in [-0.3, -0.25) is 0 Å². The second kappa shape index (κ2) is 3.00. The van der Waals surface area contributed by atoms with Gasteiger partial charge in [0.2, 0.25) is 0 Å². The molecule has 0 atom stereocenters. The highest BCUT2D eigenvalue weighted by atomic mass is 16.4. The topological polar surface area (TPSA) is 101 Å². The molecule has 7 heteroatoms. The summed E-state index contributed by atoms with van der Waals surface area (Å²) in [5, 5.41) is 10.2. The predicted molar refractivity (Wildman–Crippen MR) is 40.8 cm³/mol. The molecular formula is C6H3N5O2. The van der Waals surface area contributed by atoms with Gasteiger partial charge in [-0.2, -0.15) is 0 Å². The fourth-order valence-electron chi connectivity index (χ4n) is 0.794. The lowest BCUT2D eigenvalue weighted by Crippen LogP contribution is -1.71. The Hall–Kier alpha value is -2.27. The monoisotopic (exact) mass is 177 g/mol. The van der Waals surface area contributed by atoms with Gasteiger partial charge in [0, 0.05) is 10.0 Å². The average Bonchev–Trinajstić information content (AvgIpc) is 2.70. The van der Waals surface area contributed by atoms with E-state index in [4.69, 9.17) is 14.4 Å². The van der Waals surface area contributed by atoms with E-state index in [1.54, 1.807) is 12.1 Å². The van der Waals surface area contributed by atoms with Gasteiger partial charge in [-0.25, -0.2) is 0 Å². The molecule has 0 aliphatic rings. The molecule has 0 aliphatic carbocycles. The minimum atomic E-state index is -0.131. The summed E-state index contributed by atoms with van der Waals surface area (Å²) in [6, 6.07) is 3.22. The van der Waals surface area contributed by atoms with E-state index < -0.39 is 0 Å². The molecule has 7 nitrogen and oxygen atoms in total. The Bertz CT molecular complexity index is 439. The van der Waals surface area contributed by atoms with Crippen LogP contribution in [-0.2, 0) is 0 Å². The highest BCUT2D eigenvalue weighted by Crippen LogP contribution is 2.20. The Kier molecular flexibility index (Phi) is 1.70. The maximum absolute atomic E-state index is 8.07. The molecule has 0 N–H and O–H groups in total. The van der Waals surface area contributed by atoms with Gasteiger partial charge in [0.1, 0.15) is 0 Å². The zero-order valence-electron chi connectivity index (χ0n) is 6.28. The Morgan fingerprint density at radius 1 is 1.46 bits per heavy atom. The smallest absolute Gasteiger partial charge is 0.304 e. The molecule has 2 aromatic rings. The van der Waals surface area contributed by atoms with E-state index in [0.29, 0.717) is 5.76 Å². The Morgan fingerprint density at radius 2 is 2.38 bits per heavy atom. The second-order valence-corrected chi connectivity index (χ2v) is 2.06. The van der Waals surface area contributed by atoms with E-state index in [9.17, 15) is 0 Å². The fraction of sp³-hybridized carbons (Fsp3) is 0. The minimum absolute atomic E-state index is 0.131. The molecule has 0 radical (unpaired) electrons. The first-order chi connectivity index (χ1) is 6.40. The average molecular weight is 177 g/mol. The predicted octanol–water partition coefficient (Wildman–Crippen LogP) is 2.27. The molecule has 2 heterocycles. The molecule has 0 unspecified atom stereocenters. The zero-order valence-corrected chi connectivity index (χ0v) is 6.28. The number of aromatic nitrogens is 2. The summed E-state index contributed by atoms with van der Waals surface area (Å²) in [7, 11) is 0. The van der Waals surface area contributed by atoms with Crippen LogP contribution in [0.3, 0.4) is 0 Å². The number of azide groups is 1. The van der Waals surface area contributed by atoms with Gasteiger partial charge in [0.05, 0.1) is 6.26 Å². The van der Waals surface area contributed by atoms with Crippen molar-refractivity contribution in [1.82, 2.24) is 10.2 Å². The van der Waals surface area contributed by atoms with Crippen LogP contribution in [0, 0.1) is 0 Å². The van der Waals surface area contributed by atoms with Crippen molar-refractivity contribution in [2.24, 2.45) is 5.11 Å². The van der Waals surface area contributed by atoms with Crippen molar-refractivity contribution in [3.63, 3.8) is 0 Å². The lowest BCUT2D eigenvalue weighted by molar-refractivity contribution is 0.521. The molecule has 13 heavy (non-hydrogen) atoms. The normalized spacial score (nSPS) is 9.54. The fourth-order valence-corrected chi connectivity index (χ4v) is 0.794. The zero-order chi connectivity index (χ0) is 9.10. The summed E-state index contributed by atoms with van der Waals surface area (Å²) in [5.41, 5.74) is 8.07. The van der Waals surface area contributed by atoms with Gasteiger partial charge < -0.3 is 8.83 Å². The van der Waals surface area contributed by atoms with Gasteiger partial charge in [-0.05, 0) is 17.7 Å². The van der Waals surface area contributed by atoms with Crippen LogP contribution in [0.25, 0.3) is 22.1 Å². The van der Waals surface area contributed by atoms with Crippen LogP contribution in [0.5, 0.6) is 0 Å². The molecule has 0 aliphatic heterocycles. The van der Waals surface area contributed by atoms with Crippen LogP contribution in [0.2, 0.25) is 0 Å². The second-order valence-electron chi connectivity index (χ2n) is 2.06. The van der Waals surface area contributed by atoms with Gasteiger partial charge >= 0.3 is 6.01 Å². The third-order valence-corrected chi connectivity index (χ3v) is 1.28. The standard InChI is InChI=1S/C6H3N5O2/c7-11-10-6-9-8-5(13-6)4-2-1-3-12-4/h1-3H. The summed E-state index contributed by atoms with van der Waals surface area (Å²) >= 11 is 0. The minimum Gasteiger partial charge on any atom is -0.459 e. The molecule has 0 bridgehead atoms. The lowest BCUT2D eigenvalue weighted by Gasteiger charge is -1.82. The summed E-state index contributed by atoms with van der Waals surface area (Å²) in [6.07, 6.45) is 1.48. The maximum Gasteiger partial charge on any atom is 0.304 e. The first-order valence-corrected chi connectivity index (χ1v) is 3.32. The van der Waals surface area contributed by atoms with E-state index >= 15 is 0 Å². The van der Waals surface area contributed by atoms with E-state index in [1.807, 2.05) is 0 Å². The molecule has 0 aromatic carbocycles. The summed E-state index contributed by atoms with van der Waals surface area (Å²) < 4.78 is 9.91. The van der Waals surface area contributed by atoms with Crippen molar-refractivity contribution in [2.75, 3.05) is 0 Å². The number of nitrogens with zero attached hydrogens (tertiary/aromatic N) is 5. The number of hydrogen-bond acceptors (Lipinski definition) is 5. The van der Waals surface area contributed by atoms with Gasteiger partial charge in [-0.1, -0.05) is 0 Å². The van der Waals surface area contributed by atoms with Crippen molar-refractivity contribution in [3.8, 4) is 11.7 Å². The molecule has 0 amide bonds. The van der Waals surface area contributed by atoms with Crippen molar-refractivity contribution in [1.29, 1.82) is 0 Å². The van der Waals surface area contributed by atoms with E-state index in [1.165, 1.54) is 6.26 Å². The van der Waals surface area contributed by atoms with Crippen molar-refractivity contribution in [3.05, 3.63) is 28.8 Å². The lowest BCUT2D eigenvalue weighted by atomic mass is 10.5. The van der Waals surface area contributed by atoms with Crippen LogP contribution < -0.4 is 0 Å². The number of furan rings is 1. The van der Waals surface area contributed by atoms with Crippen molar-refractivity contribution >= 4 is 6.01 Å². The summed E-state index contributed by atoms with van der Waals surface area (Å²) in [4.78, 5) is 2.50. The molecule has 2 rings (SSSR count). The van der Waals surface area contributed by atoms with Crippen LogP contribution in [0.4, 0.5) is 6.01 Å². The Morgan fingerprint density at radius 3 is 3.08 bits per heavy atom. The van der Waals surface area contributed by atoms with E-state index in [2.05, 4.69) is 20.2 Å². The van der Waals surface area contributed by atoms with Crippen LogP contribution in [0.1, 0.15) is 0 Å². The largest absolute Gasteiger partial charge is 0.459 e. The van der Waals surface area contributed by atoms with Crippen molar-refractivity contribution in [2.45, 2.75) is 0 Å². The van der Waals surface area contributed by atoms with Gasteiger partial charge in [0.25, 0.3) is 5.89 Å². The highest BCUT2D eigenvalue weighted by Gasteiger charge is 2.08. The first-order valence-electron chi connectivity index (χ1n) is 3.32. The molecule has 0 saturated carbocycles. The molecular weight excluding hydrogens is 174 g/mol. The highest BCUT2D eigenvalue weighted by molar-refractivity contribution is 5.43. The third-order valence-electron chi connectivity index (χ3n) is 1.28. The quantitative estimate of drug-likeness (QED) is 0.398. The first kappa shape index (κ1) is 7.38. The van der Waals surface area contributed by atoms with Crippen LogP contribution >= 0.6 is 0 Å². The molecule has 0 saturated heterocycles. The SMILES string of the molecule is [N-]=[N+]=Nc1nnc(-c2ccco2)o1. The molecule has 64 valence electrons. The Balaban J connectivity index is 2.38. The Labute approximate surface area is 71.6 Å². The molecule has 2 aromatic heterocycles. The third kappa shape index (κ3) is 1.35. The molecule has 0 spiro atoms. The molecule has 0 fully saturated rings. The maximum atomic E-state index is 8.07. The van der Waals surface area contributed by atoms with Gasteiger partial charge in [0.15, 0.2) is 5.76 Å². The van der Waals surface area contributed by atoms with E-state index in [0.717, 1.165) is 0 Å². The van der Waals surface area contributed by atoms with Crippen LogP contribution in [-0.4, -0.2) is 10.2 Å².